The minimum Gasteiger partial charge on any atom is -0.377 e. The van der Waals surface area contributed by atoms with Gasteiger partial charge in [0.1, 0.15) is 18.0 Å². The highest BCUT2D eigenvalue weighted by atomic mass is 32.2. The number of carbonyl (C=O) groups is 3. The zero-order valence-electron chi connectivity index (χ0n) is 20.7. The van der Waals surface area contributed by atoms with Crippen molar-refractivity contribution in [2.75, 3.05) is 23.4 Å². The van der Waals surface area contributed by atoms with E-state index in [9.17, 15) is 34.6 Å². The highest BCUT2D eigenvalue weighted by Crippen LogP contribution is 2.28. The van der Waals surface area contributed by atoms with Crippen LogP contribution in [0.2, 0.25) is 0 Å². The lowest BCUT2D eigenvalue weighted by Crippen LogP contribution is -2.56. The monoisotopic (exact) mass is 546 g/mol. The number of nitrogens with one attached hydrogen (secondary N) is 3. The molecule has 14 heteroatoms. The van der Waals surface area contributed by atoms with Crippen molar-refractivity contribution in [2.24, 2.45) is 5.73 Å². The second-order valence-corrected chi connectivity index (χ2v) is 9.51. The number of amides is 2. The van der Waals surface area contributed by atoms with Crippen molar-refractivity contribution in [2.45, 2.75) is 37.9 Å². The van der Waals surface area contributed by atoms with Gasteiger partial charge in [-0.05, 0) is 37.1 Å². The fourth-order valence-corrected chi connectivity index (χ4v) is 4.22. The second-order valence-electron chi connectivity index (χ2n) is 8.36. The Morgan fingerprint density at radius 2 is 1.76 bits per heavy atom. The third-order valence-corrected chi connectivity index (χ3v) is 6.50. The van der Waals surface area contributed by atoms with Crippen molar-refractivity contribution in [1.82, 2.24) is 10.6 Å². The molecule has 3 atom stereocenters. The van der Waals surface area contributed by atoms with Gasteiger partial charge in [0.05, 0.1) is 28.0 Å². The summed E-state index contributed by atoms with van der Waals surface area (Å²) in [5.41, 5.74) is 6.09. The predicted molar refractivity (Wildman–Crippen MR) is 144 cm³/mol. The summed E-state index contributed by atoms with van der Waals surface area (Å²) >= 11 is 1.50. The van der Waals surface area contributed by atoms with Gasteiger partial charge >= 0.3 is 0 Å². The molecule has 0 aliphatic rings. The molecule has 5 N–H and O–H groups in total. The summed E-state index contributed by atoms with van der Waals surface area (Å²) in [6.45, 7) is 1.13. The van der Waals surface area contributed by atoms with E-state index in [0.29, 0.717) is 12.0 Å². The lowest BCUT2D eigenvalue weighted by molar-refractivity contribution is -0.393. The molecule has 2 amide bonds. The molecule has 2 aromatic rings. The van der Waals surface area contributed by atoms with Crippen LogP contribution in [0.1, 0.15) is 18.9 Å². The van der Waals surface area contributed by atoms with E-state index in [-0.39, 0.29) is 12.2 Å². The summed E-state index contributed by atoms with van der Waals surface area (Å²) in [5.74, 6) is -0.236. The minimum absolute atomic E-state index is 0.0886. The number of carbonyl (C=O) groups excluding carboxylic acids is 3. The first-order valence-electron chi connectivity index (χ1n) is 11.7. The Labute approximate surface area is 223 Å². The molecule has 2 rings (SSSR count). The SMILES string of the molecule is C[C@@H](C=O)NC(=O)[C@H](CNc1ccc([N+](=O)[O-])cc1[N+](=O)[O-])NC(=O)[C@@H](N)CSCCCc1ccccc1. The smallest absolute Gasteiger partial charge is 0.299 e. The number of non-ortho nitro benzene ring substituents is 1. The molecule has 0 aliphatic carbocycles. The van der Waals surface area contributed by atoms with Crippen LogP contribution in [0.15, 0.2) is 48.5 Å². The molecule has 2 aromatic carbocycles. The number of aldehydes is 1. The van der Waals surface area contributed by atoms with E-state index in [4.69, 9.17) is 5.73 Å². The number of rotatable bonds is 16. The van der Waals surface area contributed by atoms with Gasteiger partial charge in [-0.15, -0.1) is 0 Å². The third-order valence-electron chi connectivity index (χ3n) is 5.32. The minimum atomic E-state index is -1.24. The number of benzene rings is 2. The van der Waals surface area contributed by atoms with Gasteiger partial charge in [0.15, 0.2) is 0 Å². The van der Waals surface area contributed by atoms with Crippen molar-refractivity contribution < 1.29 is 24.2 Å². The molecule has 0 fully saturated rings. The maximum absolute atomic E-state index is 12.7. The lowest BCUT2D eigenvalue weighted by Gasteiger charge is -2.22. The van der Waals surface area contributed by atoms with Crippen LogP contribution < -0.4 is 21.7 Å². The molecule has 0 aliphatic heterocycles. The van der Waals surface area contributed by atoms with Gasteiger partial charge in [-0.3, -0.25) is 29.8 Å². The van der Waals surface area contributed by atoms with Gasteiger partial charge < -0.3 is 26.5 Å². The number of hydrogen-bond acceptors (Lipinski definition) is 10. The first kappa shape index (κ1) is 30.2. The maximum atomic E-state index is 12.7. The van der Waals surface area contributed by atoms with Crippen LogP contribution >= 0.6 is 11.8 Å². The Hall–Kier alpha value is -4.04. The van der Waals surface area contributed by atoms with Crippen molar-refractivity contribution in [3.8, 4) is 0 Å². The maximum Gasteiger partial charge on any atom is 0.299 e. The lowest BCUT2D eigenvalue weighted by atomic mass is 10.1. The first-order chi connectivity index (χ1) is 18.1. The molecule has 0 aromatic heterocycles. The largest absolute Gasteiger partial charge is 0.377 e. The van der Waals surface area contributed by atoms with Crippen molar-refractivity contribution in [3.63, 3.8) is 0 Å². The summed E-state index contributed by atoms with van der Waals surface area (Å²) < 4.78 is 0. The van der Waals surface area contributed by atoms with E-state index in [1.807, 2.05) is 30.3 Å². The zero-order valence-corrected chi connectivity index (χ0v) is 21.5. The number of hydrogen-bond donors (Lipinski definition) is 4. The number of anilines is 1. The van der Waals surface area contributed by atoms with Crippen LogP contribution in [0.5, 0.6) is 0 Å². The Kier molecular flexibility index (Phi) is 12.1. The molecule has 0 radical (unpaired) electrons. The molecule has 0 bridgehead atoms. The molecule has 0 saturated heterocycles. The zero-order chi connectivity index (χ0) is 28.1. The average molecular weight is 547 g/mol. The van der Waals surface area contributed by atoms with Crippen LogP contribution in [-0.2, 0) is 20.8 Å². The first-order valence-corrected chi connectivity index (χ1v) is 12.9. The van der Waals surface area contributed by atoms with Crippen LogP contribution in [0.25, 0.3) is 0 Å². The standard InChI is InChI=1S/C24H30N6O7S/c1-16(14-31)27-24(33)21(13-26-20-10-9-18(29(34)35)12-22(20)30(36)37)28-23(32)19(25)15-38-11-5-8-17-6-3-2-4-7-17/h2-4,6-7,9-10,12,14,16,19,21,26H,5,8,11,13,15,25H2,1H3,(H,27,33)(H,28,32)/t16-,19-,21-/m0/s1. The van der Waals surface area contributed by atoms with Gasteiger partial charge in [0.2, 0.25) is 11.8 Å². The number of nitrogens with zero attached hydrogens (tertiary/aromatic N) is 2. The van der Waals surface area contributed by atoms with Crippen molar-refractivity contribution >= 4 is 46.9 Å². The van der Waals surface area contributed by atoms with E-state index in [2.05, 4.69) is 16.0 Å². The molecule has 204 valence electrons. The third kappa shape index (κ3) is 9.78. The Bertz CT molecular complexity index is 1130. The van der Waals surface area contributed by atoms with Gasteiger partial charge in [-0.2, -0.15) is 11.8 Å². The van der Waals surface area contributed by atoms with E-state index in [1.54, 1.807) is 0 Å². The van der Waals surface area contributed by atoms with Crippen LogP contribution in [0, 0.1) is 20.2 Å². The normalized spacial score (nSPS) is 13.0. The Morgan fingerprint density at radius 1 is 1.05 bits per heavy atom. The molecule has 0 saturated carbocycles. The number of nitrogens with two attached hydrogens (primary N) is 1. The van der Waals surface area contributed by atoms with E-state index < -0.39 is 51.2 Å². The second kappa shape index (κ2) is 15.3. The average Bonchev–Trinajstić information content (AvgIpc) is 2.90. The van der Waals surface area contributed by atoms with Gasteiger partial charge in [-0.25, -0.2) is 0 Å². The molecule has 0 heterocycles. The fraction of sp³-hybridized carbons (Fsp3) is 0.375. The summed E-state index contributed by atoms with van der Waals surface area (Å²) in [7, 11) is 0. The highest BCUT2D eigenvalue weighted by Gasteiger charge is 2.26. The number of aryl methyl sites for hydroxylation is 1. The molecule has 38 heavy (non-hydrogen) atoms. The molecular formula is C24H30N6O7S. The van der Waals surface area contributed by atoms with Crippen molar-refractivity contribution in [3.05, 3.63) is 74.3 Å². The van der Waals surface area contributed by atoms with Gasteiger partial charge in [0, 0.05) is 18.4 Å². The predicted octanol–water partition coefficient (Wildman–Crippen LogP) is 1.80. The van der Waals surface area contributed by atoms with E-state index in [1.165, 1.54) is 24.2 Å². The summed E-state index contributed by atoms with van der Waals surface area (Å²) in [5, 5.41) is 30.0. The van der Waals surface area contributed by atoms with Gasteiger partial charge in [-0.1, -0.05) is 30.3 Å². The topological polar surface area (TPSA) is 200 Å². The van der Waals surface area contributed by atoms with Crippen LogP contribution in [0.4, 0.5) is 17.1 Å². The van der Waals surface area contributed by atoms with Crippen LogP contribution in [-0.4, -0.2) is 64.1 Å². The summed E-state index contributed by atoms with van der Waals surface area (Å²) in [4.78, 5) is 57.1. The van der Waals surface area contributed by atoms with Crippen molar-refractivity contribution in [1.29, 1.82) is 0 Å². The summed E-state index contributed by atoms with van der Waals surface area (Å²) in [6, 6.07) is 9.96. The number of thioether (sulfide) groups is 1. The number of nitro groups is 2. The fourth-order valence-electron chi connectivity index (χ4n) is 3.30. The molecule has 0 unspecified atom stereocenters. The Balaban J connectivity index is 1.99. The molecular weight excluding hydrogens is 516 g/mol. The molecule has 0 spiro atoms. The summed E-state index contributed by atoms with van der Waals surface area (Å²) in [6.07, 6.45) is 2.30. The van der Waals surface area contributed by atoms with E-state index in [0.717, 1.165) is 36.8 Å². The highest BCUT2D eigenvalue weighted by molar-refractivity contribution is 7.99. The molecule has 13 nitrogen and oxygen atoms in total. The van der Waals surface area contributed by atoms with Crippen LogP contribution in [0.3, 0.4) is 0 Å². The van der Waals surface area contributed by atoms with Gasteiger partial charge in [0.25, 0.3) is 11.4 Å². The number of nitro benzene ring substituents is 2. The van der Waals surface area contributed by atoms with E-state index >= 15 is 0 Å². The quantitative estimate of drug-likeness (QED) is 0.104. The Morgan fingerprint density at radius 3 is 2.39 bits per heavy atom.